The number of carbonyl (C=O) groups excluding carboxylic acids is 3. The van der Waals surface area contributed by atoms with Crippen LogP contribution in [0.1, 0.15) is 46.0 Å². The fourth-order valence-electron chi connectivity index (χ4n) is 2.70. The van der Waals surface area contributed by atoms with Crippen LogP contribution in [0.15, 0.2) is 24.3 Å². The third-order valence-electron chi connectivity index (χ3n) is 3.92. The summed E-state index contributed by atoms with van der Waals surface area (Å²) in [5.41, 5.74) is 1.81. The van der Waals surface area contributed by atoms with Gasteiger partial charge in [-0.2, -0.15) is 0 Å². The molecule has 0 bridgehead atoms. The summed E-state index contributed by atoms with van der Waals surface area (Å²) in [4.78, 5) is 39.3. The molecule has 8 heteroatoms. The summed E-state index contributed by atoms with van der Waals surface area (Å²) >= 11 is 0. The first-order valence-electron chi connectivity index (χ1n) is 8.94. The minimum absolute atomic E-state index is 0.114. The molecule has 28 heavy (non-hydrogen) atoms. The Labute approximate surface area is 163 Å². The number of anilines is 1. The number of aromatic amines is 1. The fourth-order valence-corrected chi connectivity index (χ4v) is 2.70. The van der Waals surface area contributed by atoms with Gasteiger partial charge in [0.15, 0.2) is 6.61 Å². The topological polar surface area (TPSA) is 107 Å². The number of hydrogen-bond donors (Lipinski definition) is 2. The predicted octanol–water partition coefficient (Wildman–Crippen LogP) is 3.00. The number of para-hydroxylation sites is 2. The number of esters is 2. The third-order valence-corrected chi connectivity index (χ3v) is 3.92. The van der Waals surface area contributed by atoms with Crippen LogP contribution in [0, 0.1) is 13.8 Å². The van der Waals surface area contributed by atoms with Crippen LogP contribution in [0.5, 0.6) is 5.75 Å². The van der Waals surface area contributed by atoms with Crippen LogP contribution in [0.4, 0.5) is 5.69 Å². The van der Waals surface area contributed by atoms with Gasteiger partial charge in [0.05, 0.1) is 24.5 Å². The van der Waals surface area contributed by atoms with Gasteiger partial charge < -0.3 is 24.5 Å². The Hall–Kier alpha value is -3.29. The minimum atomic E-state index is -0.732. The summed E-state index contributed by atoms with van der Waals surface area (Å²) in [6.45, 7) is 7.02. The minimum Gasteiger partial charge on any atom is -0.492 e. The number of benzene rings is 1. The van der Waals surface area contributed by atoms with Crippen molar-refractivity contribution in [3.63, 3.8) is 0 Å². The SMILES string of the molecule is CCOC(=O)c1c(C)[nH]c(C(=O)OCC(=O)Nc2ccccc2OCC)c1C. The van der Waals surface area contributed by atoms with E-state index >= 15 is 0 Å². The van der Waals surface area contributed by atoms with Gasteiger partial charge in [-0.3, -0.25) is 4.79 Å². The van der Waals surface area contributed by atoms with E-state index in [4.69, 9.17) is 14.2 Å². The van der Waals surface area contributed by atoms with E-state index in [9.17, 15) is 14.4 Å². The summed E-state index contributed by atoms with van der Waals surface area (Å²) < 4.78 is 15.5. The Kier molecular flexibility index (Phi) is 7.20. The van der Waals surface area contributed by atoms with Crippen molar-refractivity contribution >= 4 is 23.5 Å². The number of carbonyl (C=O) groups is 3. The zero-order valence-electron chi connectivity index (χ0n) is 16.4. The molecule has 0 atom stereocenters. The maximum atomic E-state index is 12.3. The number of ether oxygens (including phenoxy) is 3. The molecule has 0 unspecified atom stereocenters. The van der Waals surface area contributed by atoms with Crippen LogP contribution >= 0.6 is 0 Å². The molecule has 0 aliphatic carbocycles. The first-order valence-corrected chi connectivity index (χ1v) is 8.94. The van der Waals surface area contributed by atoms with E-state index in [1.165, 1.54) is 0 Å². The van der Waals surface area contributed by atoms with E-state index in [1.54, 1.807) is 45.0 Å². The molecule has 1 aromatic heterocycles. The molecule has 2 N–H and O–H groups in total. The van der Waals surface area contributed by atoms with Gasteiger partial charge in [-0.15, -0.1) is 0 Å². The van der Waals surface area contributed by atoms with Gasteiger partial charge in [0.25, 0.3) is 5.91 Å². The van der Waals surface area contributed by atoms with Crippen molar-refractivity contribution in [3.05, 3.63) is 46.8 Å². The normalized spacial score (nSPS) is 10.3. The second-order valence-electron chi connectivity index (χ2n) is 5.90. The molecule has 8 nitrogen and oxygen atoms in total. The summed E-state index contributed by atoms with van der Waals surface area (Å²) in [5.74, 6) is -1.23. The van der Waals surface area contributed by atoms with Gasteiger partial charge in [-0.05, 0) is 45.4 Å². The maximum Gasteiger partial charge on any atom is 0.355 e. The Morgan fingerprint density at radius 1 is 1.00 bits per heavy atom. The number of hydrogen-bond acceptors (Lipinski definition) is 6. The molecule has 0 aliphatic heterocycles. The monoisotopic (exact) mass is 388 g/mol. The fraction of sp³-hybridized carbons (Fsp3) is 0.350. The van der Waals surface area contributed by atoms with Crippen molar-refractivity contribution in [1.29, 1.82) is 0 Å². The van der Waals surface area contributed by atoms with Gasteiger partial charge >= 0.3 is 11.9 Å². The first-order chi connectivity index (χ1) is 13.4. The highest BCUT2D eigenvalue weighted by Gasteiger charge is 2.24. The zero-order chi connectivity index (χ0) is 20.7. The van der Waals surface area contributed by atoms with Crippen molar-refractivity contribution in [1.82, 2.24) is 4.98 Å². The van der Waals surface area contributed by atoms with Crippen molar-refractivity contribution in [3.8, 4) is 5.75 Å². The largest absolute Gasteiger partial charge is 0.492 e. The number of amides is 1. The number of H-pyrrole nitrogens is 1. The molecular formula is C20H24N2O6. The Balaban J connectivity index is 2.02. The second kappa shape index (κ2) is 9.59. The van der Waals surface area contributed by atoms with Crippen LogP contribution < -0.4 is 10.1 Å². The molecule has 2 aromatic rings. The summed E-state index contributed by atoms with van der Waals surface area (Å²) in [5, 5.41) is 2.64. The highest BCUT2D eigenvalue weighted by atomic mass is 16.5. The van der Waals surface area contributed by atoms with Crippen LogP contribution in [0.3, 0.4) is 0 Å². The van der Waals surface area contributed by atoms with E-state index < -0.39 is 24.5 Å². The molecule has 0 fully saturated rings. The van der Waals surface area contributed by atoms with Crippen LogP contribution in [-0.2, 0) is 14.3 Å². The van der Waals surface area contributed by atoms with Crippen LogP contribution in [-0.4, -0.2) is 42.7 Å². The molecule has 1 amide bonds. The molecule has 1 heterocycles. The van der Waals surface area contributed by atoms with Crippen molar-refractivity contribution in [2.45, 2.75) is 27.7 Å². The van der Waals surface area contributed by atoms with E-state index in [1.807, 2.05) is 6.92 Å². The summed E-state index contributed by atoms with van der Waals surface area (Å²) in [6, 6.07) is 6.96. The Morgan fingerprint density at radius 3 is 2.39 bits per heavy atom. The summed E-state index contributed by atoms with van der Waals surface area (Å²) in [6.07, 6.45) is 0. The second-order valence-corrected chi connectivity index (χ2v) is 5.90. The average molecular weight is 388 g/mol. The highest BCUT2D eigenvalue weighted by Crippen LogP contribution is 2.23. The van der Waals surface area contributed by atoms with Gasteiger partial charge in [0.2, 0.25) is 0 Å². The van der Waals surface area contributed by atoms with Gasteiger partial charge in [-0.1, -0.05) is 12.1 Å². The van der Waals surface area contributed by atoms with Crippen molar-refractivity contribution < 1.29 is 28.6 Å². The van der Waals surface area contributed by atoms with Gasteiger partial charge in [-0.25, -0.2) is 9.59 Å². The lowest BCUT2D eigenvalue weighted by Gasteiger charge is -2.11. The lowest BCUT2D eigenvalue weighted by molar-refractivity contribution is -0.119. The Morgan fingerprint density at radius 2 is 1.71 bits per heavy atom. The predicted molar refractivity (Wildman–Crippen MR) is 103 cm³/mol. The standard InChI is InChI=1S/C20H24N2O6/c1-5-26-15-10-8-7-9-14(15)22-16(23)11-28-20(25)18-12(3)17(13(4)21-18)19(24)27-6-2/h7-10,21H,5-6,11H2,1-4H3,(H,22,23). The molecule has 0 saturated carbocycles. The van der Waals surface area contributed by atoms with E-state index in [0.717, 1.165) is 0 Å². The first kappa shape index (κ1) is 21.0. The molecule has 1 aromatic carbocycles. The molecule has 0 spiro atoms. The van der Waals surface area contributed by atoms with Crippen LogP contribution in [0.25, 0.3) is 0 Å². The van der Waals surface area contributed by atoms with Gasteiger partial charge in [0, 0.05) is 5.69 Å². The quantitative estimate of drug-likeness (QED) is 0.673. The van der Waals surface area contributed by atoms with Crippen molar-refractivity contribution in [2.75, 3.05) is 25.1 Å². The molecule has 0 aliphatic rings. The van der Waals surface area contributed by atoms with Crippen LogP contribution in [0.2, 0.25) is 0 Å². The number of aromatic nitrogens is 1. The molecular weight excluding hydrogens is 364 g/mol. The molecule has 0 radical (unpaired) electrons. The van der Waals surface area contributed by atoms with Crippen molar-refractivity contribution in [2.24, 2.45) is 0 Å². The average Bonchev–Trinajstić information content (AvgIpc) is 2.96. The number of rotatable bonds is 8. The maximum absolute atomic E-state index is 12.3. The zero-order valence-corrected chi connectivity index (χ0v) is 16.4. The van der Waals surface area contributed by atoms with E-state index in [0.29, 0.717) is 34.9 Å². The highest BCUT2D eigenvalue weighted by molar-refractivity contribution is 6.00. The smallest absolute Gasteiger partial charge is 0.355 e. The lowest BCUT2D eigenvalue weighted by atomic mass is 10.1. The molecule has 0 saturated heterocycles. The van der Waals surface area contributed by atoms with E-state index in [2.05, 4.69) is 10.3 Å². The molecule has 150 valence electrons. The van der Waals surface area contributed by atoms with E-state index in [-0.39, 0.29) is 12.3 Å². The summed E-state index contributed by atoms with van der Waals surface area (Å²) in [7, 11) is 0. The number of nitrogens with one attached hydrogen (secondary N) is 2. The Bertz CT molecular complexity index is 872. The lowest BCUT2D eigenvalue weighted by Crippen LogP contribution is -2.21. The number of aryl methyl sites for hydroxylation is 1. The third kappa shape index (κ3) is 4.91. The molecule has 2 rings (SSSR count). The van der Waals surface area contributed by atoms with Gasteiger partial charge in [0.1, 0.15) is 11.4 Å².